The Hall–Kier alpha value is -4.68. The number of piperidine rings is 2. The number of likely N-dealkylation sites (tertiary alicyclic amines) is 2. The van der Waals surface area contributed by atoms with E-state index in [4.69, 9.17) is 9.47 Å². The molecule has 11 heteroatoms. The maximum Gasteiger partial charge on any atom is 0.274 e. The maximum absolute atomic E-state index is 13.5. The summed E-state index contributed by atoms with van der Waals surface area (Å²) in [5, 5.41) is 22.7. The van der Waals surface area contributed by atoms with Crippen LogP contribution in [0.5, 0.6) is 11.5 Å². The van der Waals surface area contributed by atoms with Crippen molar-refractivity contribution in [2.45, 2.75) is 71.2 Å². The van der Waals surface area contributed by atoms with Gasteiger partial charge in [0.2, 0.25) is 0 Å². The minimum Gasteiger partial charge on any atom is -0.496 e. The van der Waals surface area contributed by atoms with Gasteiger partial charge in [0.05, 0.1) is 26.4 Å². The Morgan fingerprint density at radius 3 is 1.79 bits per heavy atom. The fourth-order valence-electron chi connectivity index (χ4n) is 7.14. The van der Waals surface area contributed by atoms with E-state index in [-0.39, 0.29) is 36.0 Å². The number of aliphatic hydroxyl groups excluding tert-OH is 2. The number of methoxy groups -OCH3 is 2. The predicted molar refractivity (Wildman–Crippen MR) is 200 cm³/mol. The lowest BCUT2D eigenvalue weighted by Gasteiger charge is -2.29. The Kier molecular flexibility index (Phi) is 12.0. The first-order valence-corrected chi connectivity index (χ1v) is 18.0. The molecule has 274 valence electrons. The molecule has 4 aromatic rings. The first kappa shape index (κ1) is 37.1. The van der Waals surface area contributed by atoms with Gasteiger partial charge in [0.15, 0.2) is 5.78 Å². The zero-order valence-electron chi connectivity index (χ0n) is 30.5. The highest BCUT2D eigenvalue weighted by molar-refractivity contribution is 6.04. The van der Waals surface area contributed by atoms with Crippen molar-refractivity contribution in [3.63, 3.8) is 0 Å². The summed E-state index contributed by atoms with van der Waals surface area (Å²) in [5.74, 6) is 0.786. The van der Waals surface area contributed by atoms with Gasteiger partial charge in [-0.05, 0) is 73.4 Å². The monoisotopic (exact) mass is 707 g/mol. The summed E-state index contributed by atoms with van der Waals surface area (Å²) in [6.45, 7) is 8.49. The molecule has 52 heavy (non-hydrogen) atoms. The Labute approximate surface area is 305 Å². The number of hydrogen-bond acceptors (Lipinski definition) is 10. The van der Waals surface area contributed by atoms with Crippen molar-refractivity contribution in [3.05, 3.63) is 100 Å². The fourth-order valence-corrected chi connectivity index (χ4v) is 7.14. The highest BCUT2D eigenvalue weighted by Gasteiger charge is 2.22. The Morgan fingerprint density at radius 2 is 1.23 bits per heavy atom. The van der Waals surface area contributed by atoms with E-state index in [9.17, 15) is 19.8 Å². The number of carbonyl (C=O) groups excluding carboxylic acids is 2. The van der Waals surface area contributed by atoms with Gasteiger partial charge in [-0.25, -0.2) is 0 Å². The number of aromatic nitrogens is 2. The SMILES string of the molecule is COc1cc(C(=O)Cc2cccc(-c3cccc(NC(=O)c4cc(OC)c(CN5CCC(O)CC5)cn4)c3C)c2C)ncc1CN1CCC(O)CC1. The molecular formula is C41H49N5O6. The number of ether oxygens (including phenoxy) is 2. The minimum absolute atomic E-state index is 0.104. The normalized spacial score (nSPS) is 16.1. The smallest absolute Gasteiger partial charge is 0.274 e. The summed E-state index contributed by atoms with van der Waals surface area (Å²) < 4.78 is 11.3. The Balaban J connectivity index is 1.15. The third-order valence-electron chi connectivity index (χ3n) is 10.4. The van der Waals surface area contributed by atoms with Crippen molar-refractivity contribution in [3.8, 4) is 22.6 Å². The molecule has 0 spiro atoms. The number of ketones is 1. The second kappa shape index (κ2) is 16.8. The zero-order chi connectivity index (χ0) is 36.8. The molecule has 2 aromatic carbocycles. The van der Waals surface area contributed by atoms with Gasteiger partial charge in [0, 0.05) is 87.0 Å². The average Bonchev–Trinajstić information content (AvgIpc) is 3.15. The molecular weight excluding hydrogens is 658 g/mol. The first-order chi connectivity index (χ1) is 25.1. The van der Waals surface area contributed by atoms with E-state index in [2.05, 4.69) is 25.1 Å². The highest BCUT2D eigenvalue weighted by atomic mass is 16.5. The molecule has 2 aliphatic rings. The highest BCUT2D eigenvalue weighted by Crippen LogP contribution is 2.33. The first-order valence-electron chi connectivity index (χ1n) is 18.0. The van der Waals surface area contributed by atoms with Gasteiger partial charge in [-0.2, -0.15) is 0 Å². The van der Waals surface area contributed by atoms with Crippen LogP contribution in [0.1, 0.15) is 74.5 Å². The van der Waals surface area contributed by atoms with Gasteiger partial charge in [-0.3, -0.25) is 29.4 Å². The van der Waals surface area contributed by atoms with Crippen LogP contribution in [-0.2, 0) is 19.5 Å². The lowest BCUT2D eigenvalue weighted by molar-refractivity contribution is 0.0786. The molecule has 0 bridgehead atoms. The third-order valence-corrected chi connectivity index (χ3v) is 10.4. The van der Waals surface area contributed by atoms with Crippen molar-refractivity contribution < 1.29 is 29.3 Å². The minimum atomic E-state index is -0.342. The number of rotatable bonds is 12. The summed E-state index contributed by atoms with van der Waals surface area (Å²) in [6, 6.07) is 15.1. The van der Waals surface area contributed by atoms with Crippen molar-refractivity contribution in [1.82, 2.24) is 19.8 Å². The number of aliphatic hydroxyl groups is 2. The molecule has 2 saturated heterocycles. The van der Waals surface area contributed by atoms with E-state index in [0.717, 1.165) is 90.8 Å². The topological polar surface area (TPSA) is 137 Å². The lowest BCUT2D eigenvalue weighted by atomic mass is 9.91. The molecule has 0 aliphatic carbocycles. The van der Waals surface area contributed by atoms with E-state index in [1.165, 1.54) is 0 Å². The van der Waals surface area contributed by atoms with Crippen LogP contribution in [0.2, 0.25) is 0 Å². The molecule has 0 atom stereocenters. The summed E-state index contributed by atoms with van der Waals surface area (Å²) in [5.41, 5.74) is 7.76. The second-order valence-corrected chi connectivity index (χ2v) is 13.9. The number of nitrogens with zero attached hydrogens (tertiary/aromatic N) is 4. The van der Waals surface area contributed by atoms with Crippen LogP contribution in [0.15, 0.2) is 60.9 Å². The summed E-state index contributed by atoms with van der Waals surface area (Å²) in [4.78, 5) is 40.5. The number of carbonyl (C=O) groups is 2. The van der Waals surface area contributed by atoms with Gasteiger partial charge < -0.3 is 25.0 Å². The molecule has 6 rings (SSSR count). The van der Waals surface area contributed by atoms with E-state index in [1.54, 1.807) is 38.7 Å². The third kappa shape index (κ3) is 8.67. The van der Waals surface area contributed by atoms with Crippen LogP contribution in [-0.4, -0.2) is 94.3 Å². The van der Waals surface area contributed by atoms with Crippen LogP contribution in [0.25, 0.3) is 11.1 Å². The quantitative estimate of drug-likeness (QED) is 0.165. The summed E-state index contributed by atoms with van der Waals surface area (Å²) in [6.07, 6.45) is 6.10. The molecule has 4 heterocycles. The molecule has 2 aromatic heterocycles. The largest absolute Gasteiger partial charge is 0.496 e. The van der Waals surface area contributed by atoms with Gasteiger partial charge in [0.25, 0.3) is 5.91 Å². The van der Waals surface area contributed by atoms with Gasteiger partial charge >= 0.3 is 0 Å². The predicted octanol–water partition coefficient (Wildman–Crippen LogP) is 5.37. The summed E-state index contributed by atoms with van der Waals surface area (Å²) in [7, 11) is 3.19. The molecule has 3 N–H and O–H groups in total. The number of Topliss-reactive ketones (excluding diaryl/α,β-unsaturated/α-hetero) is 1. The number of hydrogen-bond donors (Lipinski definition) is 3. The van der Waals surface area contributed by atoms with E-state index < -0.39 is 0 Å². The van der Waals surface area contributed by atoms with Gasteiger partial charge in [0.1, 0.15) is 22.9 Å². The standard InChI is InChI=1S/C41H49N5O6/c1-26-28(19-38(49)36-20-39(51-3)29(22-42-36)24-45-15-11-31(47)12-16-45)7-5-8-33(26)34-9-6-10-35(27(34)2)44-41(50)37-21-40(52-4)30(23-43-37)25-46-17-13-32(48)14-18-46/h5-10,20-23,31-32,47-48H,11-19,24-25H2,1-4H3,(H,44,50). The number of pyridine rings is 2. The molecule has 0 radical (unpaired) electrons. The fraction of sp³-hybridized carbons (Fsp3) is 0.415. The van der Waals surface area contributed by atoms with Crippen LogP contribution in [0.3, 0.4) is 0 Å². The number of amides is 1. The molecule has 0 unspecified atom stereocenters. The van der Waals surface area contributed by atoms with Crippen LogP contribution < -0.4 is 14.8 Å². The second-order valence-electron chi connectivity index (χ2n) is 13.9. The van der Waals surface area contributed by atoms with Crippen molar-refractivity contribution in [2.75, 3.05) is 45.7 Å². The maximum atomic E-state index is 13.5. The zero-order valence-corrected chi connectivity index (χ0v) is 30.5. The molecule has 1 amide bonds. The van der Waals surface area contributed by atoms with Gasteiger partial charge in [-0.15, -0.1) is 0 Å². The Morgan fingerprint density at radius 1 is 0.731 bits per heavy atom. The van der Waals surface area contributed by atoms with E-state index in [0.29, 0.717) is 36.0 Å². The molecule has 0 saturated carbocycles. The Bertz CT molecular complexity index is 1760. The molecule has 2 fully saturated rings. The van der Waals surface area contributed by atoms with Crippen molar-refractivity contribution >= 4 is 17.4 Å². The lowest BCUT2D eigenvalue weighted by Crippen LogP contribution is -2.35. The summed E-state index contributed by atoms with van der Waals surface area (Å²) >= 11 is 0. The van der Waals surface area contributed by atoms with E-state index in [1.807, 2.05) is 50.2 Å². The number of nitrogens with one attached hydrogen (secondary N) is 1. The van der Waals surface area contributed by atoms with Crippen LogP contribution in [0.4, 0.5) is 5.69 Å². The van der Waals surface area contributed by atoms with Crippen LogP contribution in [0, 0.1) is 13.8 Å². The van der Waals surface area contributed by atoms with Crippen molar-refractivity contribution in [1.29, 1.82) is 0 Å². The van der Waals surface area contributed by atoms with Crippen LogP contribution >= 0.6 is 0 Å². The van der Waals surface area contributed by atoms with Gasteiger partial charge in [-0.1, -0.05) is 30.3 Å². The van der Waals surface area contributed by atoms with Crippen molar-refractivity contribution in [2.24, 2.45) is 0 Å². The average molecular weight is 708 g/mol. The number of anilines is 1. The number of benzene rings is 2. The molecule has 11 nitrogen and oxygen atoms in total. The van der Waals surface area contributed by atoms with E-state index >= 15 is 0 Å². The molecule has 2 aliphatic heterocycles.